The van der Waals surface area contributed by atoms with Crippen LogP contribution in [-0.4, -0.2) is 87.4 Å². The molecule has 2 aromatic rings. The highest BCUT2D eigenvalue weighted by molar-refractivity contribution is 6.05. The highest BCUT2D eigenvalue weighted by Gasteiger charge is 2.26. The Morgan fingerprint density at radius 1 is 1.03 bits per heavy atom. The summed E-state index contributed by atoms with van der Waals surface area (Å²) in [6, 6.07) is 3.80. The van der Waals surface area contributed by atoms with Crippen LogP contribution in [0.2, 0.25) is 0 Å². The fourth-order valence-corrected chi connectivity index (χ4v) is 5.46. The van der Waals surface area contributed by atoms with Gasteiger partial charge in [-0.2, -0.15) is 10.1 Å². The number of ether oxygens (including phenoxy) is 1. The van der Waals surface area contributed by atoms with Crippen molar-refractivity contribution < 1.29 is 14.6 Å². The smallest absolute Gasteiger partial charge is 0.215 e. The third-order valence-corrected chi connectivity index (χ3v) is 8.00. The highest BCUT2D eigenvalue weighted by Crippen LogP contribution is 2.26. The maximum absolute atomic E-state index is 13.2. The van der Waals surface area contributed by atoms with Crippen LogP contribution in [0.1, 0.15) is 69.3 Å². The zero-order valence-electron chi connectivity index (χ0n) is 21.8. The summed E-state index contributed by atoms with van der Waals surface area (Å²) in [5.41, 5.74) is 1.24. The minimum absolute atomic E-state index is 0.122. The van der Waals surface area contributed by atoms with Crippen LogP contribution in [0.15, 0.2) is 12.1 Å². The van der Waals surface area contributed by atoms with Gasteiger partial charge in [-0.1, -0.05) is 13.8 Å². The Bertz CT molecular complexity index is 957. The van der Waals surface area contributed by atoms with Gasteiger partial charge in [-0.05, 0) is 82.6 Å². The van der Waals surface area contributed by atoms with Crippen molar-refractivity contribution in [1.82, 2.24) is 24.6 Å². The number of rotatable bonds is 11. The SMILES string of the molecule is CCC(CC)Oc1ccc2c(C(=O)CC3CCN(CCN4CCC(CO)CC4)CC3)nn(C)c2n1. The normalized spacial score (nSPS) is 19.1. The van der Waals surface area contributed by atoms with Gasteiger partial charge in [0.2, 0.25) is 5.88 Å². The zero-order valence-corrected chi connectivity index (χ0v) is 21.8. The molecule has 0 atom stereocenters. The number of hydrogen-bond acceptors (Lipinski definition) is 7. The van der Waals surface area contributed by atoms with E-state index >= 15 is 0 Å². The Balaban J connectivity index is 1.26. The van der Waals surface area contributed by atoms with Crippen molar-refractivity contribution in [2.45, 2.75) is 64.9 Å². The molecule has 2 aliphatic heterocycles. The summed E-state index contributed by atoms with van der Waals surface area (Å²) in [5, 5.41) is 14.7. The molecule has 4 heterocycles. The number of pyridine rings is 1. The first-order valence-corrected chi connectivity index (χ1v) is 13.6. The molecule has 0 saturated carbocycles. The molecular formula is C27H43N5O3. The fraction of sp³-hybridized carbons (Fsp3) is 0.741. The third-order valence-electron chi connectivity index (χ3n) is 8.00. The summed E-state index contributed by atoms with van der Waals surface area (Å²) in [6.45, 7) is 11.1. The van der Waals surface area contributed by atoms with Crippen LogP contribution in [-0.2, 0) is 7.05 Å². The van der Waals surface area contributed by atoms with E-state index < -0.39 is 0 Å². The van der Waals surface area contributed by atoms with Gasteiger partial charge in [0.15, 0.2) is 11.4 Å². The number of carbonyl (C=O) groups excluding carboxylic acids is 1. The highest BCUT2D eigenvalue weighted by atomic mass is 16.5. The Kier molecular flexibility index (Phi) is 9.14. The summed E-state index contributed by atoms with van der Waals surface area (Å²) in [4.78, 5) is 22.9. The monoisotopic (exact) mass is 485 g/mol. The number of aryl methyl sites for hydroxylation is 1. The molecule has 0 amide bonds. The van der Waals surface area contributed by atoms with Gasteiger partial charge < -0.3 is 19.6 Å². The molecular weight excluding hydrogens is 442 g/mol. The Labute approximate surface area is 209 Å². The molecule has 0 unspecified atom stereocenters. The summed E-state index contributed by atoms with van der Waals surface area (Å²) in [7, 11) is 1.85. The maximum Gasteiger partial charge on any atom is 0.215 e. The molecule has 2 saturated heterocycles. The Morgan fingerprint density at radius 3 is 2.20 bits per heavy atom. The molecule has 0 spiro atoms. The molecule has 8 heteroatoms. The van der Waals surface area contributed by atoms with Crippen LogP contribution in [0.5, 0.6) is 5.88 Å². The van der Waals surface area contributed by atoms with E-state index in [4.69, 9.17) is 4.74 Å². The quantitative estimate of drug-likeness (QED) is 0.488. The van der Waals surface area contributed by atoms with Crippen molar-refractivity contribution in [3.8, 4) is 5.88 Å². The van der Waals surface area contributed by atoms with Crippen LogP contribution in [0, 0.1) is 11.8 Å². The second-order valence-electron chi connectivity index (χ2n) is 10.4. The van der Waals surface area contributed by atoms with Gasteiger partial charge in [0.05, 0.1) is 11.5 Å². The zero-order chi connectivity index (χ0) is 24.8. The molecule has 194 valence electrons. The number of carbonyl (C=O) groups is 1. The number of hydrogen-bond donors (Lipinski definition) is 1. The van der Waals surface area contributed by atoms with Crippen LogP contribution in [0.3, 0.4) is 0 Å². The number of nitrogens with zero attached hydrogens (tertiary/aromatic N) is 5. The van der Waals surface area contributed by atoms with Gasteiger partial charge in [-0.25, -0.2) is 4.68 Å². The average Bonchev–Trinajstić information content (AvgIpc) is 3.23. The average molecular weight is 486 g/mol. The topological polar surface area (TPSA) is 83.7 Å². The molecule has 1 N–H and O–H groups in total. The fourth-order valence-electron chi connectivity index (χ4n) is 5.46. The van der Waals surface area contributed by atoms with E-state index in [-0.39, 0.29) is 11.9 Å². The Morgan fingerprint density at radius 2 is 1.63 bits per heavy atom. The van der Waals surface area contributed by atoms with Gasteiger partial charge in [0.25, 0.3) is 0 Å². The van der Waals surface area contributed by atoms with Crippen molar-refractivity contribution in [2.75, 3.05) is 45.9 Å². The molecule has 8 nitrogen and oxygen atoms in total. The van der Waals surface area contributed by atoms with E-state index in [9.17, 15) is 9.90 Å². The van der Waals surface area contributed by atoms with E-state index in [2.05, 4.69) is 33.7 Å². The minimum Gasteiger partial charge on any atom is -0.474 e. The largest absolute Gasteiger partial charge is 0.474 e. The molecule has 0 bridgehead atoms. The van der Waals surface area contributed by atoms with Crippen molar-refractivity contribution in [2.24, 2.45) is 18.9 Å². The minimum atomic E-state index is 0.122. The van der Waals surface area contributed by atoms with Crippen molar-refractivity contribution in [3.63, 3.8) is 0 Å². The number of ketones is 1. The number of Topliss-reactive ketones (excluding diaryl/α,β-unsaturated/α-hetero) is 1. The maximum atomic E-state index is 13.2. The van der Waals surface area contributed by atoms with Crippen molar-refractivity contribution in [3.05, 3.63) is 17.8 Å². The molecule has 2 fully saturated rings. The van der Waals surface area contributed by atoms with Gasteiger partial charge in [0.1, 0.15) is 5.69 Å². The molecule has 4 rings (SSSR count). The van der Waals surface area contributed by atoms with E-state index in [0.29, 0.717) is 42.1 Å². The Hall–Kier alpha value is -2.03. The number of fused-ring (bicyclic) bond motifs is 1. The molecule has 0 aromatic carbocycles. The lowest BCUT2D eigenvalue weighted by molar-refractivity contribution is 0.0901. The van der Waals surface area contributed by atoms with Crippen LogP contribution >= 0.6 is 0 Å². The number of aliphatic hydroxyl groups is 1. The second kappa shape index (κ2) is 12.3. The summed E-state index contributed by atoms with van der Waals surface area (Å²) in [6.07, 6.45) is 6.94. The van der Waals surface area contributed by atoms with E-state index in [1.807, 2.05) is 19.2 Å². The lowest BCUT2D eigenvalue weighted by Gasteiger charge is -2.35. The van der Waals surface area contributed by atoms with Gasteiger partial charge in [-0.15, -0.1) is 0 Å². The first-order chi connectivity index (χ1) is 17.0. The first kappa shape index (κ1) is 26.0. The van der Waals surface area contributed by atoms with Gasteiger partial charge in [0, 0.05) is 39.2 Å². The molecule has 35 heavy (non-hydrogen) atoms. The summed E-state index contributed by atoms with van der Waals surface area (Å²) >= 11 is 0. The number of piperidine rings is 2. The number of aromatic nitrogens is 3. The molecule has 0 aliphatic carbocycles. The predicted octanol–water partition coefficient (Wildman–Crippen LogP) is 3.52. The lowest BCUT2D eigenvalue weighted by atomic mass is 9.90. The summed E-state index contributed by atoms with van der Waals surface area (Å²) < 4.78 is 7.69. The van der Waals surface area contributed by atoms with E-state index in [0.717, 1.165) is 83.2 Å². The molecule has 0 radical (unpaired) electrons. The van der Waals surface area contributed by atoms with E-state index in [1.54, 1.807) is 4.68 Å². The van der Waals surface area contributed by atoms with Gasteiger partial charge in [-0.3, -0.25) is 4.79 Å². The number of aliphatic hydroxyl groups excluding tert-OH is 1. The van der Waals surface area contributed by atoms with Crippen LogP contribution < -0.4 is 4.74 Å². The van der Waals surface area contributed by atoms with E-state index in [1.165, 1.54) is 0 Å². The first-order valence-electron chi connectivity index (χ1n) is 13.6. The van der Waals surface area contributed by atoms with Crippen LogP contribution in [0.25, 0.3) is 11.0 Å². The third kappa shape index (κ3) is 6.60. The van der Waals surface area contributed by atoms with Crippen molar-refractivity contribution >= 4 is 16.8 Å². The van der Waals surface area contributed by atoms with Gasteiger partial charge >= 0.3 is 0 Å². The standard InChI is InChI=1S/C27H43N5O3/c1-4-22(5-2)35-25-7-6-23-26(29-30(3)27(23)28-25)24(34)18-20-8-12-31(13-9-20)16-17-32-14-10-21(19-33)11-15-32/h6-7,20-22,33H,4-5,8-19H2,1-3H3. The molecule has 2 aromatic heterocycles. The predicted molar refractivity (Wildman–Crippen MR) is 138 cm³/mol. The number of likely N-dealkylation sites (tertiary alicyclic amines) is 2. The van der Waals surface area contributed by atoms with Crippen LogP contribution in [0.4, 0.5) is 0 Å². The lowest BCUT2D eigenvalue weighted by Crippen LogP contribution is -2.42. The van der Waals surface area contributed by atoms with Crippen molar-refractivity contribution in [1.29, 1.82) is 0 Å². The second-order valence-corrected chi connectivity index (χ2v) is 10.4. The summed E-state index contributed by atoms with van der Waals surface area (Å²) in [5.74, 6) is 1.63. The molecule has 2 aliphatic rings.